The number of likely N-dealkylation sites (tertiary alicyclic amines) is 1. The topological polar surface area (TPSA) is 81.0 Å². The van der Waals surface area contributed by atoms with Crippen molar-refractivity contribution in [1.82, 2.24) is 10.2 Å². The number of hydrogen-bond donors (Lipinski definition) is 1. The molecule has 7 nitrogen and oxygen atoms in total. The molecule has 0 aliphatic carbocycles. The first-order chi connectivity index (χ1) is 15.0. The molecule has 2 aliphatic heterocycles. The Balaban J connectivity index is 1.29. The SMILES string of the molecule is COc1ccc2c(C)c(CCC(=O)NC3CCN(CC4CCOC4)CC3)c(=O)oc2c1. The van der Waals surface area contributed by atoms with Gasteiger partial charge in [0.25, 0.3) is 0 Å². The van der Waals surface area contributed by atoms with E-state index >= 15 is 0 Å². The number of amides is 1. The molecule has 1 atom stereocenters. The molecule has 3 heterocycles. The number of ether oxygens (including phenoxy) is 2. The van der Waals surface area contributed by atoms with E-state index in [4.69, 9.17) is 13.9 Å². The van der Waals surface area contributed by atoms with E-state index in [0.29, 0.717) is 29.2 Å². The maximum atomic E-state index is 12.5. The highest BCUT2D eigenvalue weighted by molar-refractivity contribution is 5.82. The molecule has 1 N–H and O–H groups in total. The number of benzene rings is 1. The minimum Gasteiger partial charge on any atom is -0.497 e. The fourth-order valence-electron chi connectivity index (χ4n) is 4.68. The zero-order chi connectivity index (χ0) is 21.8. The van der Waals surface area contributed by atoms with Crippen LogP contribution in [0.4, 0.5) is 0 Å². The summed E-state index contributed by atoms with van der Waals surface area (Å²) in [6.07, 6.45) is 3.76. The molecular formula is C24H32N2O5. The van der Waals surface area contributed by atoms with Gasteiger partial charge in [-0.05, 0) is 56.2 Å². The minimum atomic E-state index is -0.379. The molecule has 1 aromatic carbocycles. The van der Waals surface area contributed by atoms with E-state index in [1.807, 2.05) is 19.1 Å². The van der Waals surface area contributed by atoms with Crippen molar-refractivity contribution in [1.29, 1.82) is 0 Å². The Hall–Kier alpha value is -2.38. The molecule has 0 spiro atoms. The molecule has 0 radical (unpaired) electrons. The van der Waals surface area contributed by atoms with E-state index in [1.165, 1.54) is 0 Å². The van der Waals surface area contributed by atoms with Crippen molar-refractivity contribution in [2.75, 3.05) is 40.0 Å². The molecule has 7 heteroatoms. The smallest absolute Gasteiger partial charge is 0.339 e. The zero-order valence-electron chi connectivity index (χ0n) is 18.4. The molecule has 0 saturated carbocycles. The number of rotatable bonds is 7. The van der Waals surface area contributed by atoms with Crippen LogP contribution in [0.25, 0.3) is 11.0 Å². The van der Waals surface area contributed by atoms with Crippen LogP contribution in [0.2, 0.25) is 0 Å². The van der Waals surface area contributed by atoms with Crippen molar-refractivity contribution in [3.05, 3.63) is 39.7 Å². The van der Waals surface area contributed by atoms with Crippen LogP contribution in [0.5, 0.6) is 5.75 Å². The number of piperidine rings is 1. The summed E-state index contributed by atoms with van der Waals surface area (Å²) in [6, 6.07) is 5.66. The van der Waals surface area contributed by atoms with Crippen LogP contribution in [-0.4, -0.2) is 56.8 Å². The summed E-state index contributed by atoms with van der Waals surface area (Å²) in [5.74, 6) is 1.30. The van der Waals surface area contributed by atoms with Gasteiger partial charge in [0, 0.05) is 55.7 Å². The molecule has 1 unspecified atom stereocenters. The number of hydrogen-bond acceptors (Lipinski definition) is 6. The van der Waals surface area contributed by atoms with Crippen LogP contribution < -0.4 is 15.7 Å². The van der Waals surface area contributed by atoms with E-state index in [1.54, 1.807) is 13.2 Å². The van der Waals surface area contributed by atoms with E-state index < -0.39 is 0 Å². The Kier molecular flexibility index (Phi) is 6.92. The summed E-state index contributed by atoms with van der Waals surface area (Å²) in [7, 11) is 1.58. The van der Waals surface area contributed by atoms with E-state index in [9.17, 15) is 9.59 Å². The Morgan fingerprint density at radius 1 is 1.26 bits per heavy atom. The van der Waals surface area contributed by atoms with Gasteiger partial charge < -0.3 is 24.1 Å². The first-order valence-electron chi connectivity index (χ1n) is 11.2. The normalized spacial score (nSPS) is 20.3. The number of methoxy groups -OCH3 is 1. The average Bonchev–Trinajstić information content (AvgIpc) is 3.27. The summed E-state index contributed by atoms with van der Waals surface area (Å²) >= 11 is 0. The summed E-state index contributed by atoms with van der Waals surface area (Å²) in [5.41, 5.74) is 1.56. The number of carbonyl (C=O) groups excluding carboxylic acids is 1. The van der Waals surface area contributed by atoms with Gasteiger partial charge in [-0.3, -0.25) is 4.79 Å². The fourth-order valence-corrected chi connectivity index (χ4v) is 4.68. The van der Waals surface area contributed by atoms with Crippen LogP contribution in [-0.2, 0) is 16.0 Å². The van der Waals surface area contributed by atoms with Gasteiger partial charge in [-0.1, -0.05) is 0 Å². The molecule has 168 valence electrons. The quantitative estimate of drug-likeness (QED) is 0.683. The molecule has 2 aliphatic rings. The highest BCUT2D eigenvalue weighted by Crippen LogP contribution is 2.24. The lowest BCUT2D eigenvalue weighted by atomic mass is 10.0. The third kappa shape index (κ3) is 5.28. The Bertz CT molecular complexity index is 972. The lowest BCUT2D eigenvalue weighted by Gasteiger charge is -2.33. The lowest BCUT2D eigenvalue weighted by molar-refractivity contribution is -0.122. The zero-order valence-corrected chi connectivity index (χ0v) is 18.4. The van der Waals surface area contributed by atoms with Crippen LogP contribution in [0.1, 0.15) is 36.8 Å². The van der Waals surface area contributed by atoms with E-state index in [-0.39, 0.29) is 24.0 Å². The number of nitrogens with one attached hydrogen (secondary N) is 1. The first kappa shape index (κ1) is 21.8. The number of fused-ring (bicyclic) bond motifs is 1. The molecule has 2 aromatic rings. The summed E-state index contributed by atoms with van der Waals surface area (Å²) in [5, 5.41) is 4.03. The van der Waals surface area contributed by atoms with Crippen molar-refractivity contribution in [2.24, 2.45) is 5.92 Å². The van der Waals surface area contributed by atoms with Crippen molar-refractivity contribution in [3.8, 4) is 5.75 Å². The van der Waals surface area contributed by atoms with Crippen LogP contribution in [0.3, 0.4) is 0 Å². The average molecular weight is 429 g/mol. The van der Waals surface area contributed by atoms with Crippen molar-refractivity contribution in [2.45, 2.75) is 45.1 Å². The molecule has 1 amide bonds. The van der Waals surface area contributed by atoms with Crippen LogP contribution in [0.15, 0.2) is 27.4 Å². The third-order valence-electron chi connectivity index (χ3n) is 6.59. The van der Waals surface area contributed by atoms with Crippen molar-refractivity contribution < 1.29 is 18.7 Å². The summed E-state index contributed by atoms with van der Waals surface area (Å²) in [6.45, 7) is 6.80. The monoisotopic (exact) mass is 428 g/mol. The van der Waals surface area contributed by atoms with E-state index in [0.717, 1.165) is 63.1 Å². The van der Waals surface area contributed by atoms with E-state index in [2.05, 4.69) is 10.2 Å². The molecule has 0 bridgehead atoms. The third-order valence-corrected chi connectivity index (χ3v) is 6.59. The molecule has 2 saturated heterocycles. The van der Waals surface area contributed by atoms with Crippen LogP contribution >= 0.6 is 0 Å². The van der Waals surface area contributed by atoms with Gasteiger partial charge in [-0.25, -0.2) is 4.79 Å². The van der Waals surface area contributed by atoms with Gasteiger partial charge in [0.05, 0.1) is 13.7 Å². The second kappa shape index (κ2) is 9.83. The molecule has 2 fully saturated rings. The molecular weight excluding hydrogens is 396 g/mol. The van der Waals surface area contributed by atoms with Crippen molar-refractivity contribution >= 4 is 16.9 Å². The molecule has 31 heavy (non-hydrogen) atoms. The van der Waals surface area contributed by atoms with Gasteiger partial charge in [0.2, 0.25) is 5.91 Å². The Morgan fingerprint density at radius 3 is 2.77 bits per heavy atom. The Labute approximate surface area is 182 Å². The fraction of sp³-hybridized carbons (Fsp3) is 0.583. The summed E-state index contributed by atoms with van der Waals surface area (Å²) < 4.78 is 16.2. The second-order valence-corrected chi connectivity index (χ2v) is 8.73. The number of nitrogens with zero attached hydrogens (tertiary/aromatic N) is 1. The van der Waals surface area contributed by atoms with Gasteiger partial charge in [0.1, 0.15) is 11.3 Å². The standard InChI is InChI=1S/C24H32N2O5/c1-16-20-4-3-19(29-2)13-22(20)31-24(28)21(16)5-6-23(27)25-18-7-10-26(11-8-18)14-17-9-12-30-15-17/h3-4,13,17-18H,5-12,14-15H2,1-2H3,(H,25,27). The van der Waals surface area contributed by atoms with Gasteiger partial charge >= 0.3 is 5.63 Å². The van der Waals surface area contributed by atoms with Crippen molar-refractivity contribution in [3.63, 3.8) is 0 Å². The first-order valence-corrected chi connectivity index (χ1v) is 11.2. The Morgan fingerprint density at radius 2 is 2.06 bits per heavy atom. The number of aryl methyl sites for hydroxylation is 1. The lowest BCUT2D eigenvalue weighted by Crippen LogP contribution is -2.46. The number of carbonyl (C=O) groups is 1. The second-order valence-electron chi connectivity index (χ2n) is 8.73. The van der Waals surface area contributed by atoms with Gasteiger partial charge in [0.15, 0.2) is 0 Å². The highest BCUT2D eigenvalue weighted by Gasteiger charge is 2.24. The predicted molar refractivity (Wildman–Crippen MR) is 119 cm³/mol. The molecule has 4 rings (SSSR count). The van der Waals surface area contributed by atoms with Gasteiger partial charge in [-0.2, -0.15) is 0 Å². The highest BCUT2D eigenvalue weighted by atomic mass is 16.5. The largest absolute Gasteiger partial charge is 0.497 e. The predicted octanol–water partition coefficient (Wildman–Crippen LogP) is 2.66. The molecule has 1 aromatic heterocycles. The maximum absolute atomic E-state index is 12.5. The maximum Gasteiger partial charge on any atom is 0.339 e. The van der Waals surface area contributed by atoms with Crippen LogP contribution in [0, 0.1) is 12.8 Å². The minimum absolute atomic E-state index is 0.00345. The van der Waals surface area contributed by atoms with Gasteiger partial charge in [-0.15, -0.1) is 0 Å². The summed E-state index contributed by atoms with van der Waals surface area (Å²) in [4.78, 5) is 27.5.